The number of carbonyl (C=O) groups is 1. The number of hydrogen-bond acceptors (Lipinski definition) is 3. The number of ether oxygens (including phenoxy) is 1. The number of rotatable bonds is 7. The minimum atomic E-state index is -0.256. The molecule has 5 nitrogen and oxygen atoms in total. The smallest absolute Gasteiger partial charge is 0.227 e. The Kier molecular flexibility index (Phi) is 7.19. The quantitative estimate of drug-likeness (QED) is 0.464. The van der Waals surface area contributed by atoms with Crippen LogP contribution in [0.25, 0.3) is 0 Å². The third kappa shape index (κ3) is 6.08. The first-order valence-corrected chi connectivity index (χ1v) is 11.3. The molecule has 0 atom stereocenters. The molecule has 0 radical (unpaired) electrons. The van der Waals surface area contributed by atoms with Crippen LogP contribution in [0.4, 0.5) is 15.8 Å². The van der Waals surface area contributed by atoms with Crippen LogP contribution in [-0.2, 0) is 17.9 Å². The van der Waals surface area contributed by atoms with Crippen molar-refractivity contribution in [2.45, 2.75) is 32.9 Å². The summed E-state index contributed by atoms with van der Waals surface area (Å²) in [5, 5.41) is 6.93. The van der Waals surface area contributed by atoms with Crippen LogP contribution >= 0.6 is 12.2 Å². The van der Waals surface area contributed by atoms with Crippen molar-refractivity contribution >= 4 is 34.6 Å². The summed E-state index contributed by atoms with van der Waals surface area (Å²) < 4.78 is 18.7. The Hall–Kier alpha value is -3.45. The number of halogens is 1. The zero-order valence-electron chi connectivity index (χ0n) is 18.4. The molecule has 1 aliphatic rings. The van der Waals surface area contributed by atoms with Crippen molar-refractivity contribution < 1.29 is 13.9 Å². The van der Waals surface area contributed by atoms with Gasteiger partial charge in [-0.1, -0.05) is 24.3 Å². The summed E-state index contributed by atoms with van der Waals surface area (Å²) >= 11 is 5.43. The highest BCUT2D eigenvalue weighted by Crippen LogP contribution is 2.27. The van der Waals surface area contributed by atoms with Crippen LogP contribution in [0, 0.1) is 12.7 Å². The minimum Gasteiger partial charge on any atom is -0.489 e. The fraction of sp³-hybridized carbons (Fsp3) is 0.231. The van der Waals surface area contributed by atoms with Crippen molar-refractivity contribution in [3.8, 4) is 5.75 Å². The van der Waals surface area contributed by atoms with Crippen molar-refractivity contribution in [1.29, 1.82) is 0 Å². The summed E-state index contributed by atoms with van der Waals surface area (Å²) in [6.45, 7) is 3.74. The average molecular weight is 464 g/mol. The van der Waals surface area contributed by atoms with E-state index in [0.29, 0.717) is 24.7 Å². The van der Waals surface area contributed by atoms with Crippen LogP contribution in [0.2, 0.25) is 0 Å². The van der Waals surface area contributed by atoms with Crippen LogP contribution in [0.15, 0.2) is 66.7 Å². The van der Waals surface area contributed by atoms with Crippen molar-refractivity contribution in [3.05, 3.63) is 89.2 Å². The number of nitrogens with one attached hydrogen (secondary N) is 2. The summed E-state index contributed by atoms with van der Waals surface area (Å²) in [5.41, 5.74) is 4.85. The Labute approximate surface area is 198 Å². The van der Waals surface area contributed by atoms with Gasteiger partial charge in [0.25, 0.3) is 0 Å². The van der Waals surface area contributed by atoms with E-state index in [1.807, 2.05) is 54.3 Å². The van der Waals surface area contributed by atoms with E-state index in [-0.39, 0.29) is 11.7 Å². The normalized spacial score (nSPS) is 13.2. The van der Waals surface area contributed by atoms with Gasteiger partial charge in [-0.25, -0.2) is 4.39 Å². The van der Waals surface area contributed by atoms with E-state index >= 15 is 0 Å². The minimum absolute atomic E-state index is 0.183. The van der Waals surface area contributed by atoms with Gasteiger partial charge >= 0.3 is 0 Å². The standard InChI is InChI=1S/C26H26FN3O2S/c1-18-15-22(10-13-24(18)30-14-2-3-25(30)31)29-26(33)28-16-19-6-11-23(12-7-19)32-17-20-4-8-21(27)9-5-20/h4-13,15H,2-3,14,16-17H2,1H3,(H2,28,29,33). The maximum Gasteiger partial charge on any atom is 0.227 e. The molecular weight excluding hydrogens is 437 g/mol. The lowest BCUT2D eigenvalue weighted by atomic mass is 10.1. The Morgan fingerprint density at radius 3 is 2.45 bits per heavy atom. The Balaban J connectivity index is 1.25. The average Bonchev–Trinajstić information content (AvgIpc) is 3.23. The number of thiocarbonyl (C=S) groups is 1. The molecule has 0 unspecified atom stereocenters. The number of anilines is 2. The predicted molar refractivity (Wildman–Crippen MR) is 133 cm³/mol. The Morgan fingerprint density at radius 1 is 1.06 bits per heavy atom. The molecule has 0 bridgehead atoms. The highest BCUT2D eigenvalue weighted by molar-refractivity contribution is 7.80. The molecule has 33 heavy (non-hydrogen) atoms. The van der Waals surface area contributed by atoms with Gasteiger partial charge in [0.15, 0.2) is 5.11 Å². The number of carbonyl (C=O) groups excluding carboxylic acids is 1. The molecule has 1 saturated heterocycles. The maximum absolute atomic E-state index is 13.0. The van der Waals surface area contributed by atoms with Crippen LogP contribution in [0.3, 0.4) is 0 Å². The van der Waals surface area contributed by atoms with E-state index < -0.39 is 0 Å². The second kappa shape index (κ2) is 10.4. The first-order chi connectivity index (χ1) is 16.0. The second-order valence-corrected chi connectivity index (χ2v) is 8.43. The summed E-state index contributed by atoms with van der Waals surface area (Å²) in [7, 11) is 0. The summed E-state index contributed by atoms with van der Waals surface area (Å²) in [6.07, 6.45) is 1.53. The molecule has 1 amide bonds. The molecule has 1 fully saturated rings. The summed E-state index contributed by atoms with van der Waals surface area (Å²) in [4.78, 5) is 13.9. The number of hydrogen-bond donors (Lipinski definition) is 2. The van der Waals surface area contributed by atoms with E-state index in [0.717, 1.165) is 46.8 Å². The Bertz CT molecular complexity index is 1130. The molecule has 0 aliphatic carbocycles. The third-order valence-electron chi connectivity index (χ3n) is 5.51. The fourth-order valence-electron chi connectivity index (χ4n) is 3.75. The molecule has 1 heterocycles. The van der Waals surface area contributed by atoms with Gasteiger partial charge in [-0.2, -0.15) is 0 Å². The van der Waals surface area contributed by atoms with Gasteiger partial charge in [-0.15, -0.1) is 0 Å². The second-order valence-electron chi connectivity index (χ2n) is 8.02. The molecule has 1 aliphatic heterocycles. The molecule has 3 aromatic carbocycles. The molecule has 0 spiro atoms. The monoisotopic (exact) mass is 463 g/mol. The number of benzene rings is 3. The lowest BCUT2D eigenvalue weighted by Gasteiger charge is -2.19. The largest absolute Gasteiger partial charge is 0.489 e. The van der Waals surface area contributed by atoms with E-state index in [2.05, 4.69) is 10.6 Å². The fourth-order valence-corrected chi connectivity index (χ4v) is 3.94. The third-order valence-corrected chi connectivity index (χ3v) is 5.76. The topological polar surface area (TPSA) is 53.6 Å². The van der Waals surface area contributed by atoms with Crippen molar-refractivity contribution in [3.63, 3.8) is 0 Å². The lowest BCUT2D eigenvalue weighted by Crippen LogP contribution is -2.28. The molecular formula is C26H26FN3O2S. The molecule has 3 aromatic rings. The van der Waals surface area contributed by atoms with Gasteiger partial charge in [-0.05, 0) is 84.7 Å². The van der Waals surface area contributed by atoms with Crippen LogP contribution in [0.1, 0.15) is 29.5 Å². The number of amides is 1. The van der Waals surface area contributed by atoms with Gasteiger partial charge in [0, 0.05) is 30.9 Å². The van der Waals surface area contributed by atoms with E-state index in [1.165, 1.54) is 12.1 Å². The molecule has 0 saturated carbocycles. The van der Waals surface area contributed by atoms with Crippen LogP contribution in [-0.4, -0.2) is 17.6 Å². The van der Waals surface area contributed by atoms with E-state index in [4.69, 9.17) is 17.0 Å². The lowest BCUT2D eigenvalue weighted by molar-refractivity contribution is -0.117. The van der Waals surface area contributed by atoms with Gasteiger partial charge in [0.05, 0.1) is 0 Å². The first kappa shape index (κ1) is 22.7. The van der Waals surface area contributed by atoms with E-state index in [9.17, 15) is 9.18 Å². The first-order valence-electron chi connectivity index (χ1n) is 10.9. The van der Waals surface area contributed by atoms with Crippen LogP contribution < -0.4 is 20.3 Å². The van der Waals surface area contributed by atoms with Crippen molar-refractivity contribution in [2.24, 2.45) is 0 Å². The van der Waals surface area contributed by atoms with Gasteiger partial charge in [0.1, 0.15) is 18.2 Å². The molecule has 2 N–H and O–H groups in total. The van der Waals surface area contributed by atoms with Crippen molar-refractivity contribution in [1.82, 2.24) is 5.32 Å². The van der Waals surface area contributed by atoms with Gasteiger partial charge < -0.3 is 20.3 Å². The molecule has 0 aromatic heterocycles. The summed E-state index contributed by atoms with van der Waals surface area (Å²) in [5.74, 6) is 0.674. The number of aryl methyl sites for hydroxylation is 1. The highest BCUT2D eigenvalue weighted by atomic mass is 32.1. The SMILES string of the molecule is Cc1cc(NC(=S)NCc2ccc(OCc3ccc(F)cc3)cc2)ccc1N1CCCC1=O. The predicted octanol–water partition coefficient (Wildman–Crippen LogP) is 5.33. The van der Waals surface area contributed by atoms with Gasteiger partial charge in [0.2, 0.25) is 5.91 Å². The molecule has 170 valence electrons. The van der Waals surface area contributed by atoms with Gasteiger partial charge in [-0.3, -0.25) is 4.79 Å². The van der Waals surface area contributed by atoms with Crippen LogP contribution in [0.5, 0.6) is 5.75 Å². The zero-order valence-corrected chi connectivity index (χ0v) is 19.3. The molecule has 4 rings (SSSR count). The molecule has 7 heteroatoms. The van der Waals surface area contributed by atoms with E-state index in [1.54, 1.807) is 12.1 Å². The number of nitrogens with zero attached hydrogens (tertiary/aromatic N) is 1. The highest BCUT2D eigenvalue weighted by Gasteiger charge is 2.22. The summed E-state index contributed by atoms with van der Waals surface area (Å²) in [6, 6.07) is 19.9. The maximum atomic E-state index is 13.0. The zero-order chi connectivity index (χ0) is 23.2. The Morgan fingerprint density at radius 2 is 1.79 bits per heavy atom. The van der Waals surface area contributed by atoms with Crippen molar-refractivity contribution in [2.75, 3.05) is 16.8 Å².